The SMILES string of the molecule is Oc1cc(C2NC=c3c(N4CC5CCC(C4)N5)nc(OCC45CCCN4CCC5)nc3=C2F)c2c(F)c(F)ccc2c1. The summed E-state index contributed by atoms with van der Waals surface area (Å²) in [6.45, 7) is 4.02. The largest absolute Gasteiger partial charge is 0.508 e. The van der Waals surface area contributed by atoms with Gasteiger partial charge in [-0.1, -0.05) is 6.07 Å². The maximum absolute atomic E-state index is 16.6. The number of ether oxygens (including phenoxy) is 1. The highest BCUT2D eigenvalue weighted by atomic mass is 19.2. The first-order valence-electron chi connectivity index (χ1n) is 14.9. The van der Waals surface area contributed by atoms with Gasteiger partial charge in [0.1, 0.15) is 29.6 Å². The number of anilines is 1. The molecule has 3 N–H and O–H groups in total. The smallest absolute Gasteiger partial charge is 0.319 e. The molecule has 0 saturated carbocycles. The summed E-state index contributed by atoms with van der Waals surface area (Å²) in [5.74, 6) is -2.39. The van der Waals surface area contributed by atoms with Crippen LogP contribution in [0.4, 0.5) is 19.0 Å². The van der Waals surface area contributed by atoms with Crippen molar-refractivity contribution in [3.8, 4) is 11.8 Å². The molecule has 2 bridgehead atoms. The molecule has 3 aromatic rings. The van der Waals surface area contributed by atoms with Crippen LogP contribution in [0, 0.1) is 11.6 Å². The maximum atomic E-state index is 16.6. The van der Waals surface area contributed by atoms with E-state index in [1.54, 1.807) is 6.20 Å². The van der Waals surface area contributed by atoms with E-state index in [0.717, 1.165) is 70.8 Å². The number of rotatable bonds is 5. The van der Waals surface area contributed by atoms with Crippen LogP contribution in [-0.2, 0) is 0 Å². The molecule has 220 valence electrons. The van der Waals surface area contributed by atoms with E-state index in [1.165, 1.54) is 18.2 Å². The van der Waals surface area contributed by atoms with Gasteiger partial charge in [-0.05, 0) is 80.8 Å². The van der Waals surface area contributed by atoms with Gasteiger partial charge in [-0.3, -0.25) is 4.90 Å². The molecule has 5 aliphatic heterocycles. The van der Waals surface area contributed by atoms with Crippen molar-refractivity contribution in [2.45, 2.75) is 62.2 Å². The lowest BCUT2D eigenvalue weighted by atomic mass is 9.95. The first-order chi connectivity index (χ1) is 20.4. The summed E-state index contributed by atoms with van der Waals surface area (Å²) in [6, 6.07) is 4.55. The Hall–Kier alpha value is -3.57. The van der Waals surface area contributed by atoms with E-state index < -0.39 is 23.5 Å². The average molecular weight is 579 g/mol. The van der Waals surface area contributed by atoms with Crippen molar-refractivity contribution in [1.29, 1.82) is 0 Å². The Morgan fingerprint density at radius 3 is 2.55 bits per heavy atom. The number of fused-ring (bicyclic) bond motifs is 5. The molecule has 0 amide bonds. The number of aromatic nitrogens is 2. The Morgan fingerprint density at radius 2 is 1.79 bits per heavy atom. The number of nitrogens with zero attached hydrogens (tertiary/aromatic N) is 4. The number of nitrogens with one attached hydrogen (secondary N) is 2. The monoisotopic (exact) mass is 578 g/mol. The summed E-state index contributed by atoms with van der Waals surface area (Å²) in [4.78, 5) is 14.1. The van der Waals surface area contributed by atoms with Crippen LogP contribution in [-0.4, -0.2) is 70.4 Å². The Balaban J connectivity index is 1.25. The molecule has 1 aromatic heterocycles. The van der Waals surface area contributed by atoms with E-state index >= 15 is 8.78 Å². The molecule has 8 rings (SSSR count). The lowest BCUT2D eigenvalue weighted by Gasteiger charge is -2.35. The first kappa shape index (κ1) is 26.1. The molecular weight excluding hydrogens is 545 g/mol. The van der Waals surface area contributed by atoms with E-state index in [2.05, 4.69) is 25.4 Å². The zero-order valence-corrected chi connectivity index (χ0v) is 23.2. The molecule has 8 nitrogen and oxygen atoms in total. The van der Waals surface area contributed by atoms with Crippen molar-refractivity contribution >= 4 is 28.6 Å². The molecule has 11 heteroatoms. The Morgan fingerprint density at radius 1 is 1.02 bits per heavy atom. The van der Waals surface area contributed by atoms with E-state index in [0.29, 0.717) is 29.7 Å². The number of aromatic hydroxyl groups is 1. The van der Waals surface area contributed by atoms with Gasteiger partial charge in [0.2, 0.25) is 0 Å². The van der Waals surface area contributed by atoms with Gasteiger partial charge in [0.05, 0.1) is 10.8 Å². The standard InChI is InChI=1S/C31H33F3N6O2/c32-23-6-3-17-11-20(41)12-21(24(17)25(23)33)27-26(34)28-22(13-35-27)29(39-14-18-4-5-19(15-39)36-18)38-30(37-28)42-16-31-7-1-9-40(31)10-2-8-31/h3,6,11-13,18-19,27,35-36,41H,1-2,4-5,7-10,14-16H2. The number of piperazine rings is 1. The van der Waals surface area contributed by atoms with Crippen LogP contribution in [0.15, 0.2) is 24.3 Å². The lowest BCUT2D eigenvalue weighted by Crippen LogP contribution is -2.54. The minimum atomic E-state index is -1.20. The first-order valence-corrected chi connectivity index (χ1v) is 14.9. The molecule has 4 fully saturated rings. The van der Waals surface area contributed by atoms with Crippen LogP contribution in [0.3, 0.4) is 0 Å². The normalized spacial score (nSPS) is 26.2. The Bertz CT molecular complexity index is 1700. The second-order valence-corrected chi connectivity index (χ2v) is 12.4. The van der Waals surface area contributed by atoms with Crippen molar-refractivity contribution in [3.05, 3.63) is 52.0 Å². The van der Waals surface area contributed by atoms with Gasteiger partial charge in [-0.15, -0.1) is 0 Å². The Labute approximate surface area is 240 Å². The van der Waals surface area contributed by atoms with Crippen molar-refractivity contribution < 1.29 is 23.0 Å². The molecule has 3 atom stereocenters. The summed E-state index contributed by atoms with van der Waals surface area (Å²) in [7, 11) is 0. The van der Waals surface area contributed by atoms with Crippen LogP contribution in [0.2, 0.25) is 0 Å². The maximum Gasteiger partial charge on any atom is 0.319 e. The number of halogens is 3. The fraction of sp³-hybridized carbons (Fsp3) is 0.484. The van der Waals surface area contributed by atoms with Gasteiger partial charge in [0.25, 0.3) is 0 Å². The van der Waals surface area contributed by atoms with E-state index in [9.17, 15) is 9.50 Å². The summed E-state index contributed by atoms with van der Waals surface area (Å²) in [6.07, 6.45) is 8.16. The number of hydrogen-bond acceptors (Lipinski definition) is 8. The van der Waals surface area contributed by atoms with Gasteiger partial charge in [0, 0.05) is 36.8 Å². The van der Waals surface area contributed by atoms with E-state index in [1.807, 2.05) is 0 Å². The quantitative estimate of drug-likeness (QED) is 0.427. The van der Waals surface area contributed by atoms with Crippen LogP contribution < -0.4 is 30.8 Å². The zero-order valence-electron chi connectivity index (χ0n) is 23.2. The van der Waals surface area contributed by atoms with Crippen LogP contribution in [0.25, 0.3) is 22.8 Å². The third-order valence-corrected chi connectivity index (χ3v) is 9.91. The average Bonchev–Trinajstić information content (AvgIpc) is 3.67. The molecule has 4 saturated heterocycles. The number of hydrogen-bond donors (Lipinski definition) is 3. The molecule has 6 heterocycles. The van der Waals surface area contributed by atoms with Gasteiger partial charge in [-0.2, -0.15) is 9.97 Å². The molecule has 2 aromatic carbocycles. The summed E-state index contributed by atoms with van der Waals surface area (Å²) in [5.41, 5.74) is 0.0457. The van der Waals surface area contributed by atoms with Crippen molar-refractivity contribution in [1.82, 2.24) is 25.5 Å². The predicted molar refractivity (Wildman–Crippen MR) is 152 cm³/mol. The molecular formula is C31H33F3N6O2. The third kappa shape index (κ3) is 4.11. The van der Waals surface area contributed by atoms with Crippen LogP contribution in [0.5, 0.6) is 11.8 Å². The number of phenolic OH excluding ortho intramolecular Hbond substituents is 1. The van der Waals surface area contributed by atoms with Crippen molar-refractivity contribution in [2.24, 2.45) is 0 Å². The summed E-state index contributed by atoms with van der Waals surface area (Å²) in [5, 5.41) is 17.8. The zero-order chi connectivity index (χ0) is 28.6. The molecule has 0 radical (unpaired) electrons. The van der Waals surface area contributed by atoms with Crippen LogP contribution in [0.1, 0.15) is 50.1 Å². The highest BCUT2D eigenvalue weighted by Gasteiger charge is 2.45. The number of phenols is 1. The summed E-state index contributed by atoms with van der Waals surface area (Å²) < 4.78 is 52.3. The molecule has 0 spiro atoms. The fourth-order valence-corrected chi connectivity index (χ4v) is 7.93. The predicted octanol–water partition coefficient (Wildman–Crippen LogP) is 2.72. The third-order valence-electron chi connectivity index (χ3n) is 9.91. The fourth-order valence-electron chi connectivity index (χ4n) is 7.93. The highest BCUT2D eigenvalue weighted by Crippen LogP contribution is 2.39. The molecule has 0 aliphatic carbocycles. The minimum Gasteiger partial charge on any atom is -0.508 e. The highest BCUT2D eigenvalue weighted by molar-refractivity contribution is 5.89. The van der Waals surface area contributed by atoms with Gasteiger partial charge < -0.3 is 25.4 Å². The second-order valence-electron chi connectivity index (χ2n) is 12.4. The van der Waals surface area contributed by atoms with Crippen molar-refractivity contribution in [2.75, 3.05) is 37.7 Å². The van der Waals surface area contributed by atoms with Gasteiger partial charge >= 0.3 is 6.01 Å². The van der Waals surface area contributed by atoms with E-state index in [4.69, 9.17) is 9.72 Å². The molecule has 42 heavy (non-hydrogen) atoms. The molecule has 3 unspecified atom stereocenters. The minimum absolute atomic E-state index is 0.0336. The Kier molecular flexibility index (Phi) is 6.05. The van der Waals surface area contributed by atoms with Gasteiger partial charge in [-0.25, -0.2) is 13.2 Å². The van der Waals surface area contributed by atoms with Crippen LogP contribution >= 0.6 is 0 Å². The molecule has 5 aliphatic rings. The van der Waals surface area contributed by atoms with Gasteiger partial charge in [0.15, 0.2) is 17.5 Å². The number of benzene rings is 2. The van der Waals surface area contributed by atoms with Crippen molar-refractivity contribution in [3.63, 3.8) is 0 Å². The second kappa shape index (κ2) is 9.74. The lowest BCUT2D eigenvalue weighted by molar-refractivity contribution is 0.107. The van der Waals surface area contributed by atoms with E-state index in [-0.39, 0.29) is 39.0 Å². The topological polar surface area (TPSA) is 85.8 Å². The summed E-state index contributed by atoms with van der Waals surface area (Å²) >= 11 is 0.